The Kier molecular flexibility index (Phi) is 2.21. The van der Waals surface area contributed by atoms with Gasteiger partial charge in [0.05, 0.1) is 11.8 Å². The van der Waals surface area contributed by atoms with E-state index in [1.54, 1.807) is 12.3 Å². The van der Waals surface area contributed by atoms with E-state index in [0.29, 0.717) is 5.56 Å². The maximum absolute atomic E-state index is 11.2. The van der Waals surface area contributed by atoms with Crippen molar-refractivity contribution < 1.29 is 4.79 Å². The predicted molar refractivity (Wildman–Crippen MR) is 42.3 cm³/mol. The molecule has 0 spiro atoms. The zero-order valence-electron chi connectivity index (χ0n) is 6.59. The predicted octanol–water partition coefficient (Wildman–Crippen LogP) is 1.56. The molecule has 0 bridgehead atoms. The monoisotopic (exact) mass is 150 g/mol. The minimum atomic E-state index is -0.00116. The Morgan fingerprint density at radius 1 is 1.64 bits per heavy atom. The SMILES string of the molecule is CC(C)=CC(=O)c1cn[nH]c1. The molecular weight excluding hydrogens is 140 g/mol. The Morgan fingerprint density at radius 3 is 2.82 bits per heavy atom. The van der Waals surface area contributed by atoms with Gasteiger partial charge in [-0.1, -0.05) is 5.57 Å². The Bertz CT molecular complexity index is 268. The molecule has 0 saturated carbocycles. The van der Waals surface area contributed by atoms with E-state index in [9.17, 15) is 4.79 Å². The highest BCUT2D eigenvalue weighted by molar-refractivity contribution is 6.04. The molecule has 1 aromatic heterocycles. The summed E-state index contributed by atoms with van der Waals surface area (Å²) in [5, 5.41) is 6.26. The molecule has 58 valence electrons. The number of nitrogens with zero attached hydrogens (tertiary/aromatic N) is 1. The first kappa shape index (κ1) is 7.72. The molecule has 0 amide bonds. The number of ketones is 1. The van der Waals surface area contributed by atoms with Crippen LogP contribution in [0.25, 0.3) is 0 Å². The molecule has 1 N–H and O–H groups in total. The van der Waals surface area contributed by atoms with Crippen LogP contribution in [-0.4, -0.2) is 16.0 Å². The lowest BCUT2D eigenvalue weighted by Gasteiger charge is -1.87. The number of carbonyl (C=O) groups is 1. The van der Waals surface area contributed by atoms with Gasteiger partial charge >= 0.3 is 0 Å². The van der Waals surface area contributed by atoms with Crippen LogP contribution in [0.3, 0.4) is 0 Å². The Hall–Kier alpha value is -1.38. The van der Waals surface area contributed by atoms with Crippen LogP contribution in [0.2, 0.25) is 0 Å². The van der Waals surface area contributed by atoms with Crippen molar-refractivity contribution in [3.05, 3.63) is 29.6 Å². The first-order valence-electron chi connectivity index (χ1n) is 3.38. The molecule has 0 aromatic carbocycles. The topological polar surface area (TPSA) is 45.8 Å². The van der Waals surface area contributed by atoms with Crippen LogP contribution >= 0.6 is 0 Å². The number of carbonyl (C=O) groups excluding carboxylic acids is 1. The van der Waals surface area contributed by atoms with Crippen LogP contribution in [0, 0.1) is 0 Å². The molecule has 0 aliphatic carbocycles. The first-order chi connectivity index (χ1) is 5.20. The van der Waals surface area contributed by atoms with Gasteiger partial charge in [0, 0.05) is 6.20 Å². The Balaban J connectivity index is 2.80. The third kappa shape index (κ3) is 2.04. The van der Waals surface area contributed by atoms with Crippen molar-refractivity contribution in [3.63, 3.8) is 0 Å². The van der Waals surface area contributed by atoms with Gasteiger partial charge in [-0.2, -0.15) is 5.10 Å². The zero-order valence-corrected chi connectivity index (χ0v) is 6.59. The molecule has 0 saturated heterocycles. The second-order valence-corrected chi connectivity index (χ2v) is 2.57. The summed E-state index contributed by atoms with van der Waals surface area (Å²) in [5.74, 6) is -0.00116. The van der Waals surface area contributed by atoms with Crippen molar-refractivity contribution in [1.29, 1.82) is 0 Å². The normalized spacial score (nSPS) is 9.27. The van der Waals surface area contributed by atoms with Crippen molar-refractivity contribution >= 4 is 5.78 Å². The van der Waals surface area contributed by atoms with Gasteiger partial charge < -0.3 is 0 Å². The van der Waals surface area contributed by atoms with Crippen molar-refractivity contribution in [1.82, 2.24) is 10.2 Å². The Morgan fingerprint density at radius 2 is 2.36 bits per heavy atom. The van der Waals surface area contributed by atoms with Gasteiger partial charge in [-0.25, -0.2) is 0 Å². The van der Waals surface area contributed by atoms with E-state index < -0.39 is 0 Å². The highest BCUT2D eigenvalue weighted by Gasteiger charge is 2.01. The smallest absolute Gasteiger partial charge is 0.188 e. The van der Waals surface area contributed by atoms with Crippen molar-refractivity contribution in [2.75, 3.05) is 0 Å². The number of nitrogens with one attached hydrogen (secondary N) is 1. The largest absolute Gasteiger partial charge is 0.289 e. The van der Waals surface area contributed by atoms with Gasteiger partial charge in [-0.15, -0.1) is 0 Å². The molecule has 0 radical (unpaired) electrons. The molecule has 1 heterocycles. The molecule has 1 aromatic rings. The summed E-state index contributed by atoms with van der Waals surface area (Å²) in [5.41, 5.74) is 1.60. The van der Waals surface area contributed by atoms with Crippen LogP contribution in [0.1, 0.15) is 24.2 Å². The van der Waals surface area contributed by atoms with Crippen LogP contribution in [-0.2, 0) is 0 Å². The fourth-order valence-electron chi connectivity index (χ4n) is 0.731. The summed E-state index contributed by atoms with van der Waals surface area (Å²) in [6, 6.07) is 0. The number of allylic oxidation sites excluding steroid dienone is 2. The average molecular weight is 150 g/mol. The van der Waals surface area contributed by atoms with Gasteiger partial charge in [0.25, 0.3) is 0 Å². The molecule has 0 unspecified atom stereocenters. The molecule has 0 aliphatic heterocycles. The number of hydrogen-bond donors (Lipinski definition) is 1. The van der Waals surface area contributed by atoms with Crippen molar-refractivity contribution in [3.8, 4) is 0 Å². The quantitative estimate of drug-likeness (QED) is 0.513. The maximum atomic E-state index is 11.2. The van der Waals surface area contributed by atoms with E-state index in [0.717, 1.165) is 5.57 Å². The fraction of sp³-hybridized carbons (Fsp3) is 0.250. The maximum Gasteiger partial charge on any atom is 0.188 e. The summed E-state index contributed by atoms with van der Waals surface area (Å²) in [7, 11) is 0. The summed E-state index contributed by atoms with van der Waals surface area (Å²) in [4.78, 5) is 11.2. The Labute approximate surface area is 65.1 Å². The fourth-order valence-corrected chi connectivity index (χ4v) is 0.731. The lowest BCUT2D eigenvalue weighted by Crippen LogP contribution is -1.91. The summed E-state index contributed by atoms with van der Waals surface area (Å²) >= 11 is 0. The molecule has 3 heteroatoms. The zero-order chi connectivity index (χ0) is 8.27. The van der Waals surface area contributed by atoms with E-state index in [1.807, 2.05) is 13.8 Å². The summed E-state index contributed by atoms with van der Waals surface area (Å²) in [6.07, 6.45) is 4.69. The summed E-state index contributed by atoms with van der Waals surface area (Å²) < 4.78 is 0. The molecule has 11 heavy (non-hydrogen) atoms. The van der Waals surface area contributed by atoms with Gasteiger partial charge in [0.1, 0.15) is 0 Å². The van der Waals surface area contributed by atoms with Crippen molar-refractivity contribution in [2.24, 2.45) is 0 Å². The lowest BCUT2D eigenvalue weighted by molar-refractivity contribution is 0.104. The molecule has 0 atom stereocenters. The molecule has 0 aliphatic rings. The van der Waals surface area contributed by atoms with Crippen LogP contribution < -0.4 is 0 Å². The highest BCUT2D eigenvalue weighted by Crippen LogP contribution is 1.99. The van der Waals surface area contributed by atoms with E-state index in [-0.39, 0.29) is 5.78 Å². The van der Waals surface area contributed by atoms with Gasteiger partial charge in [-0.05, 0) is 19.9 Å². The second-order valence-electron chi connectivity index (χ2n) is 2.57. The minimum absolute atomic E-state index is 0.00116. The highest BCUT2D eigenvalue weighted by atomic mass is 16.1. The van der Waals surface area contributed by atoms with Crippen LogP contribution in [0.4, 0.5) is 0 Å². The van der Waals surface area contributed by atoms with E-state index in [1.165, 1.54) is 6.20 Å². The lowest BCUT2D eigenvalue weighted by atomic mass is 10.2. The van der Waals surface area contributed by atoms with Gasteiger partial charge in [0.2, 0.25) is 0 Å². The first-order valence-corrected chi connectivity index (χ1v) is 3.38. The average Bonchev–Trinajstić information content (AvgIpc) is 2.35. The molecular formula is C8H10N2O. The number of H-pyrrole nitrogens is 1. The number of rotatable bonds is 2. The van der Waals surface area contributed by atoms with Crippen LogP contribution in [0.15, 0.2) is 24.0 Å². The third-order valence-corrected chi connectivity index (χ3v) is 1.20. The number of aromatic nitrogens is 2. The van der Waals surface area contributed by atoms with E-state index in [4.69, 9.17) is 0 Å². The van der Waals surface area contributed by atoms with E-state index in [2.05, 4.69) is 10.2 Å². The minimum Gasteiger partial charge on any atom is -0.289 e. The van der Waals surface area contributed by atoms with Gasteiger partial charge in [0.15, 0.2) is 5.78 Å². The molecule has 3 nitrogen and oxygen atoms in total. The van der Waals surface area contributed by atoms with Crippen molar-refractivity contribution in [2.45, 2.75) is 13.8 Å². The number of aromatic amines is 1. The van der Waals surface area contributed by atoms with Gasteiger partial charge in [-0.3, -0.25) is 9.89 Å². The van der Waals surface area contributed by atoms with Crippen LogP contribution in [0.5, 0.6) is 0 Å². The second kappa shape index (κ2) is 3.14. The molecule has 0 fully saturated rings. The standard InChI is InChI=1S/C8H10N2O/c1-6(2)3-8(11)7-4-9-10-5-7/h3-5H,1-2H3,(H,9,10). The molecule has 1 rings (SSSR count). The summed E-state index contributed by atoms with van der Waals surface area (Å²) in [6.45, 7) is 3.77. The number of hydrogen-bond acceptors (Lipinski definition) is 2. The van der Waals surface area contributed by atoms with E-state index >= 15 is 0 Å². The third-order valence-electron chi connectivity index (χ3n) is 1.20.